The summed E-state index contributed by atoms with van der Waals surface area (Å²) in [6.07, 6.45) is -7.66. The van der Waals surface area contributed by atoms with Gasteiger partial charge in [0.25, 0.3) is 0 Å². The Bertz CT molecular complexity index is 1220. The predicted molar refractivity (Wildman–Crippen MR) is 119 cm³/mol. The molecule has 0 spiro atoms. The minimum absolute atomic E-state index is 0.510. The van der Waals surface area contributed by atoms with Gasteiger partial charge in [-0.1, -0.05) is 0 Å². The monoisotopic (exact) mass is 530 g/mol. The van der Waals surface area contributed by atoms with Gasteiger partial charge in [-0.3, -0.25) is 43.2 Å². The van der Waals surface area contributed by atoms with Crippen molar-refractivity contribution in [2.75, 3.05) is 11.9 Å². The Morgan fingerprint density at radius 1 is 0.892 bits per heavy atom. The number of hydrogen-bond donors (Lipinski definition) is 1. The van der Waals surface area contributed by atoms with Crippen LogP contribution in [0.3, 0.4) is 0 Å². The van der Waals surface area contributed by atoms with Crippen LogP contribution in [0.2, 0.25) is 0 Å². The van der Waals surface area contributed by atoms with E-state index in [2.05, 4.69) is 5.32 Å². The van der Waals surface area contributed by atoms with Gasteiger partial charge < -0.3 is 29.0 Å². The summed E-state index contributed by atoms with van der Waals surface area (Å²) < 4.78 is 27.8. The maximum Gasteiger partial charge on any atom is 0.374 e. The number of aromatic nitrogens is 2. The van der Waals surface area contributed by atoms with Crippen molar-refractivity contribution in [2.24, 2.45) is 14.1 Å². The quantitative estimate of drug-likeness (QED) is 0.175. The van der Waals surface area contributed by atoms with Gasteiger partial charge in [0.15, 0.2) is 30.4 Å². The third kappa shape index (κ3) is 6.69. The number of carbonyl (C=O) groups excluding carboxylic acids is 4. The third-order valence-electron chi connectivity index (χ3n) is 5.09. The van der Waals surface area contributed by atoms with E-state index in [1.807, 2.05) is 0 Å². The van der Waals surface area contributed by atoms with Crippen molar-refractivity contribution in [1.29, 1.82) is 0 Å². The van der Waals surface area contributed by atoms with E-state index in [0.29, 0.717) is 4.57 Å². The van der Waals surface area contributed by atoms with Gasteiger partial charge in [-0.25, -0.2) is 4.79 Å². The lowest BCUT2D eigenvalue weighted by molar-refractivity contribution is -0.386. The first-order valence-corrected chi connectivity index (χ1v) is 10.7. The molecule has 1 fully saturated rings. The third-order valence-corrected chi connectivity index (χ3v) is 5.09. The number of nitrogens with zero attached hydrogens (tertiary/aromatic N) is 3. The van der Waals surface area contributed by atoms with Crippen molar-refractivity contribution >= 4 is 35.4 Å². The fraction of sp³-hybridized carbons (Fsp3) is 0.600. The second kappa shape index (κ2) is 11.6. The molecule has 2 heterocycles. The molecule has 5 atom stereocenters. The number of carbonyl (C=O) groups is 4. The van der Waals surface area contributed by atoms with Crippen molar-refractivity contribution in [3.8, 4) is 0 Å². The van der Waals surface area contributed by atoms with Gasteiger partial charge in [-0.2, -0.15) is 0 Å². The van der Waals surface area contributed by atoms with Gasteiger partial charge in [0.2, 0.25) is 0 Å². The summed E-state index contributed by atoms with van der Waals surface area (Å²) in [5.74, 6) is -4.02. The molecule has 0 radical (unpaired) electrons. The highest BCUT2D eigenvalue weighted by molar-refractivity contribution is 5.69. The smallest absolute Gasteiger partial charge is 0.374 e. The predicted octanol–water partition coefficient (Wildman–Crippen LogP) is -1.51. The van der Waals surface area contributed by atoms with Crippen molar-refractivity contribution in [3.05, 3.63) is 31.0 Å². The first-order valence-electron chi connectivity index (χ1n) is 10.7. The van der Waals surface area contributed by atoms with Crippen LogP contribution in [0, 0.1) is 10.1 Å². The highest BCUT2D eigenvalue weighted by Gasteiger charge is 2.53. The molecule has 37 heavy (non-hydrogen) atoms. The van der Waals surface area contributed by atoms with E-state index in [1.165, 1.54) is 0 Å². The molecule has 0 unspecified atom stereocenters. The van der Waals surface area contributed by atoms with Crippen LogP contribution >= 0.6 is 0 Å². The number of nitro groups is 1. The van der Waals surface area contributed by atoms with Crippen molar-refractivity contribution in [1.82, 2.24) is 9.13 Å². The maximum atomic E-state index is 12.5. The van der Waals surface area contributed by atoms with Gasteiger partial charge >= 0.3 is 40.8 Å². The van der Waals surface area contributed by atoms with E-state index < -0.39 is 88.8 Å². The molecule has 0 bridgehead atoms. The molecular weight excluding hydrogens is 504 g/mol. The molecule has 0 aliphatic carbocycles. The molecule has 1 aliphatic heterocycles. The molecule has 0 amide bonds. The van der Waals surface area contributed by atoms with Gasteiger partial charge in [-0.15, -0.1) is 0 Å². The van der Waals surface area contributed by atoms with Crippen molar-refractivity contribution < 1.29 is 47.8 Å². The van der Waals surface area contributed by atoms with Crippen LogP contribution in [0.15, 0.2) is 9.59 Å². The lowest BCUT2D eigenvalue weighted by Gasteiger charge is -2.44. The molecule has 17 heteroatoms. The molecule has 1 aromatic rings. The largest absolute Gasteiger partial charge is 0.463 e. The SMILES string of the molecule is CC(=O)OC[C@@H]1O[C@H](Nc2c([N+](=O)[O-])c(=O)n(C)c(=O)n2C)[C@H](OC(C)=O)[C@H](OC(C)=O)[C@H]1OC(C)=O. The second-order valence-corrected chi connectivity index (χ2v) is 7.92. The zero-order chi connectivity index (χ0) is 28.2. The maximum absolute atomic E-state index is 12.5. The lowest BCUT2D eigenvalue weighted by atomic mass is 9.97. The van der Waals surface area contributed by atoms with Crippen LogP contribution in [0.25, 0.3) is 0 Å². The number of esters is 4. The summed E-state index contributed by atoms with van der Waals surface area (Å²) in [5, 5.41) is 14.2. The Morgan fingerprint density at radius 2 is 1.41 bits per heavy atom. The highest BCUT2D eigenvalue weighted by Crippen LogP contribution is 2.31. The number of ether oxygens (including phenoxy) is 5. The molecule has 204 valence electrons. The lowest BCUT2D eigenvalue weighted by Crippen LogP contribution is -2.64. The van der Waals surface area contributed by atoms with Crippen LogP contribution < -0.4 is 16.6 Å². The molecule has 17 nitrogen and oxygen atoms in total. The van der Waals surface area contributed by atoms with Crippen LogP contribution in [0.1, 0.15) is 27.7 Å². The van der Waals surface area contributed by atoms with Crippen LogP contribution in [-0.4, -0.2) is 75.2 Å². The zero-order valence-corrected chi connectivity index (χ0v) is 20.7. The van der Waals surface area contributed by atoms with E-state index in [1.54, 1.807) is 0 Å². The fourth-order valence-electron chi connectivity index (χ4n) is 3.64. The second-order valence-electron chi connectivity index (χ2n) is 7.92. The van der Waals surface area contributed by atoms with E-state index in [0.717, 1.165) is 46.4 Å². The summed E-state index contributed by atoms with van der Waals surface area (Å²) in [4.78, 5) is 82.7. The molecule has 1 aliphatic rings. The van der Waals surface area contributed by atoms with Gasteiger partial charge in [0, 0.05) is 41.8 Å². The standard InChI is InChI=1S/C20H26N4O13/c1-8(25)33-7-12-14(34-9(2)26)15(35-10(3)27)16(36-11(4)28)18(37-12)21-17-13(24(31)32)19(29)23(6)20(30)22(17)5/h12,14-16,18,21H,7H2,1-6H3/t12-,14-,15+,16+,18-/m0/s1. The first-order chi connectivity index (χ1) is 17.1. The number of anilines is 1. The van der Waals surface area contributed by atoms with Crippen molar-refractivity contribution in [2.45, 2.75) is 58.3 Å². The fourth-order valence-corrected chi connectivity index (χ4v) is 3.64. The molecule has 0 aromatic carbocycles. The van der Waals surface area contributed by atoms with Crippen LogP contribution in [-0.2, 0) is 57.0 Å². The van der Waals surface area contributed by atoms with Gasteiger partial charge in [0.1, 0.15) is 12.7 Å². The van der Waals surface area contributed by atoms with Crippen LogP contribution in [0.5, 0.6) is 0 Å². The van der Waals surface area contributed by atoms with Gasteiger partial charge in [0.05, 0.1) is 4.92 Å². The summed E-state index contributed by atoms with van der Waals surface area (Å²) in [6.45, 7) is 3.60. The van der Waals surface area contributed by atoms with Crippen LogP contribution in [0.4, 0.5) is 11.5 Å². The summed E-state index contributed by atoms with van der Waals surface area (Å²) in [6, 6.07) is 0. The zero-order valence-electron chi connectivity index (χ0n) is 20.7. The van der Waals surface area contributed by atoms with Gasteiger partial charge in [-0.05, 0) is 0 Å². The molecule has 1 saturated heterocycles. The average Bonchev–Trinajstić information content (AvgIpc) is 2.77. The van der Waals surface area contributed by atoms with E-state index in [9.17, 15) is 38.9 Å². The normalized spacial score (nSPS) is 22.9. The molecular formula is C20H26N4O13. The van der Waals surface area contributed by atoms with Crippen molar-refractivity contribution in [3.63, 3.8) is 0 Å². The Hall–Kier alpha value is -4.28. The average molecular weight is 530 g/mol. The highest BCUT2D eigenvalue weighted by atomic mass is 16.7. The molecule has 1 aromatic heterocycles. The Balaban J connectivity index is 2.71. The summed E-state index contributed by atoms with van der Waals surface area (Å²) in [5.41, 5.74) is -3.23. The van der Waals surface area contributed by atoms with E-state index >= 15 is 0 Å². The summed E-state index contributed by atoms with van der Waals surface area (Å²) in [7, 11) is 2.16. The van der Waals surface area contributed by atoms with E-state index in [4.69, 9.17) is 23.7 Å². The molecule has 0 saturated carbocycles. The topological polar surface area (TPSA) is 214 Å². The number of rotatable bonds is 8. The van der Waals surface area contributed by atoms with E-state index in [-0.39, 0.29) is 0 Å². The summed E-state index contributed by atoms with van der Waals surface area (Å²) >= 11 is 0. The number of hydrogen-bond acceptors (Lipinski definition) is 14. The first kappa shape index (κ1) is 29.0. The molecule has 1 N–H and O–H groups in total. The molecule has 2 rings (SSSR count). The Kier molecular flexibility index (Phi) is 9.11. The minimum Gasteiger partial charge on any atom is -0.463 e. The minimum atomic E-state index is -1.64. The Labute approximate surface area is 208 Å². The number of nitrogens with one attached hydrogen (secondary N) is 1. The Morgan fingerprint density at radius 3 is 1.89 bits per heavy atom.